The molecule has 1 heterocycles. The van der Waals surface area contributed by atoms with Gasteiger partial charge in [-0.1, -0.05) is 48.5 Å². The van der Waals surface area contributed by atoms with Gasteiger partial charge < -0.3 is 10.1 Å². The van der Waals surface area contributed by atoms with Gasteiger partial charge in [-0.05, 0) is 47.9 Å². The Bertz CT molecular complexity index is 1090. The average Bonchev–Trinajstić information content (AvgIpc) is 2.71. The summed E-state index contributed by atoms with van der Waals surface area (Å²) in [4.78, 5) is 0.299. The highest BCUT2D eigenvalue weighted by molar-refractivity contribution is 7.89. The number of sulfonamides is 1. The highest BCUT2D eigenvalue weighted by Crippen LogP contribution is 2.39. The topological polar surface area (TPSA) is 58.6 Å². The lowest BCUT2D eigenvalue weighted by molar-refractivity contribution is 0.335. The summed E-state index contributed by atoms with van der Waals surface area (Å²) < 4.78 is 33.7. The van der Waals surface area contributed by atoms with E-state index in [1.165, 1.54) is 4.31 Å². The van der Waals surface area contributed by atoms with Crippen molar-refractivity contribution in [3.8, 4) is 5.75 Å². The minimum absolute atomic E-state index is 0.257. The summed E-state index contributed by atoms with van der Waals surface area (Å²) in [6, 6.07) is 22.4. The summed E-state index contributed by atoms with van der Waals surface area (Å²) in [7, 11) is -2.06. The van der Waals surface area contributed by atoms with E-state index in [1.54, 1.807) is 19.2 Å². The van der Waals surface area contributed by atoms with E-state index in [4.69, 9.17) is 4.74 Å². The molecule has 0 bridgehead atoms. The summed E-state index contributed by atoms with van der Waals surface area (Å²) in [5.74, 6) is 0.740. The van der Waals surface area contributed by atoms with Gasteiger partial charge in [-0.2, -0.15) is 4.31 Å². The van der Waals surface area contributed by atoms with Gasteiger partial charge in [0, 0.05) is 6.54 Å². The smallest absolute Gasteiger partial charge is 0.247 e. The fourth-order valence-corrected chi connectivity index (χ4v) is 5.18. The van der Waals surface area contributed by atoms with Crippen molar-refractivity contribution in [1.29, 1.82) is 0 Å². The maximum atomic E-state index is 13.5. The van der Waals surface area contributed by atoms with Crippen LogP contribution in [0.2, 0.25) is 0 Å². The third kappa shape index (κ3) is 3.25. The first-order chi connectivity index (χ1) is 13.5. The minimum Gasteiger partial charge on any atom is -0.497 e. The molecule has 0 amide bonds. The van der Waals surface area contributed by atoms with E-state index in [9.17, 15) is 8.42 Å². The number of ether oxygens (including phenoxy) is 1. The van der Waals surface area contributed by atoms with E-state index in [1.807, 2.05) is 67.6 Å². The molecule has 0 saturated carbocycles. The van der Waals surface area contributed by atoms with Crippen LogP contribution in [0.25, 0.3) is 0 Å². The Morgan fingerprint density at radius 2 is 1.64 bits per heavy atom. The van der Waals surface area contributed by atoms with E-state index in [0.717, 1.165) is 22.4 Å². The van der Waals surface area contributed by atoms with E-state index in [2.05, 4.69) is 5.32 Å². The Balaban J connectivity index is 1.81. The summed E-state index contributed by atoms with van der Waals surface area (Å²) in [6.45, 7) is 2.25. The van der Waals surface area contributed by atoms with Crippen LogP contribution < -0.4 is 10.1 Å². The normalized spacial score (nSPS) is 18.1. The second-order valence-electron chi connectivity index (χ2n) is 6.80. The number of nitrogens with zero attached hydrogens (tertiary/aromatic N) is 1. The third-order valence-electron chi connectivity index (χ3n) is 5.03. The van der Waals surface area contributed by atoms with Crippen molar-refractivity contribution in [2.45, 2.75) is 24.5 Å². The Labute approximate surface area is 165 Å². The second kappa shape index (κ2) is 7.30. The molecule has 0 fully saturated rings. The van der Waals surface area contributed by atoms with Gasteiger partial charge in [0.25, 0.3) is 0 Å². The van der Waals surface area contributed by atoms with Gasteiger partial charge in [0.1, 0.15) is 16.8 Å². The summed E-state index contributed by atoms with van der Waals surface area (Å²) in [6.07, 6.45) is -0.483. The van der Waals surface area contributed by atoms with Gasteiger partial charge in [-0.15, -0.1) is 0 Å². The number of hydrogen-bond donors (Lipinski definition) is 1. The third-order valence-corrected chi connectivity index (χ3v) is 6.90. The van der Waals surface area contributed by atoms with Crippen LogP contribution in [0.1, 0.15) is 22.9 Å². The van der Waals surface area contributed by atoms with E-state index in [0.29, 0.717) is 10.6 Å². The van der Waals surface area contributed by atoms with Crippen LogP contribution in [0.5, 0.6) is 5.75 Å². The predicted molar refractivity (Wildman–Crippen MR) is 110 cm³/mol. The number of rotatable bonds is 4. The number of anilines is 1. The standard InChI is InChI=1S/C22H22N2O3S/c1-16-7-3-4-8-19(16)22-23-20-9-5-6-10-21(20)28(25,26)24(22)15-17-11-13-18(27-2)14-12-17/h3-14,22-23H,15H2,1-2H3/t22-/m0/s1. The molecule has 1 N–H and O–H groups in total. The van der Waals surface area contributed by atoms with Crippen LogP contribution in [-0.4, -0.2) is 19.8 Å². The number of benzene rings is 3. The fraction of sp³-hybridized carbons (Fsp3) is 0.182. The molecule has 0 aliphatic carbocycles. The van der Waals surface area contributed by atoms with Crippen molar-refractivity contribution in [2.75, 3.05) is 12.4 Å². The Hall–Kier alpha value is -2.83. The molecular weight excluding hydrogens is 372 g/mol. The molecule has 28 heavy (non-hydrogen) atoms. The zero-order chi connectivity index (χ0) is 19.7. The lowest BCUT2D eigenvalue weighted by Gasteiger charge is -2.38. The predicted octanol–water partition coefficient (Wildman–Crippen LogP) is 4.32. The molecule has 6 heteroatoms. The first-order valence-corrected chi connectivity index (χ1v) is 10.5. The molecule has 0 radical (unpaired) electrons. The van der Waals surface area contributed by atoms with Crippen molar-refractivity contribution < 1.29 is 13.2 Å². The van der Waals surface area contributed by atoms with Crippen molar-refractivity contribution >= 4 is 15.7 Å². The van der Waals surface area contributed by atoms with Crippen molar-refractivity contribution in [3.63, 3.8) is 0 Å². The molecule has 0 aromatic heterocycles. The monoisotopic (exact) mass is 394 g/mol. The Morgan fingerprint density at radius 1 is 0.964 bits per heavy atom. The molecule has 3 aromatic rings. The Kier molecular flexibility index (Phi) is 4.83. The molecule has 1 atom stereocenters. The molecule has 0 saturated heterocycles. The number of methoxy groups -OCH3 is 1. The molecular formula is C22H22N2O3S. The number of hydrogen-bond acceptors (Lipinski definition) is 4. The molecule has 4 rings (SSSR count). The van der Waals surface area contributed by atoms with E-state index in [-0.39, 0.29) is 6.54 Å². The highest BCUT2D eigenvalue weighted by Gasteiger charge is 2.39. The van der Waals surface area contributed by atoms with Gasteiger partial charge in [-0.3, -0.25) is 0 Å². The van der Waals surface area contributed by atoms with Crippen LogP contribution in [-0.2, 0) is 16.6 Å². The quantitative estimate of drug-likeness (QED) is 0.716. The SMILES string of the molecule is COc1ccc(CN2[C@@H](c3ccccc3C)Nc3ccccc3S2(=O)=O)cc1. The fourth-order valence-electron chi connectivity index (χ4n) is 3.51. The van der Waals surface area contributed by atoms with Crippen molar-refractivity contribution in [2.24, 2.45) is 0 Å². The van der Waals surface area contributed by atoms with E-state index < -0.39 is 16.2 Å². The first-order valence-electron chi connectivity index (χ1n) is 9.06. The van der Waals surface area contributed by atoms with Gasteiger partial charge >= 0.3 is 0 Å². The first kappa shape index (κ1) is 18.5. The lowest BCUT2D eigenvalue weighted by Crippen LogP contribution is -2.42. The number of para-hydroxylation sites is 1. The van der Waals surface area contributed by atoms with Gasteiger partial charge in [0.15, 0.2) is 0 Å². The maximum absolute atomic E-state index is 13.5. The van der Waals surface area contributed by atoms with E-state index >= 15 is 0 Å². The molecule has 0 spiro atoms. The van der Waals surface area contributed by atoms with Crippen molar-refractivity contribution in [3.05, 3.63) is 89.5 Å². The summed E-state index contributed by atoms with van der Waals surface area (Å²) in [5.41, 5.74) is 3.49. The van der Waals surface area contributed by atoms with Crippen LogP contribution in [0.4, 0.5) is 5.69 Å². The number of aryl methyl sites for hydroxylation is 1. The highest BCUT2D eigenvalue weighted by atomic mass is 32.2. The number of nitrogens with one attached hydrogen (secondary N) is 1. The zero-order valence-electron chi connectivity index (χ0n) is 15.8. The van der Waals surface area contributed by atoms with Gasteiger partial charge in [0.2, 0.25) is 10.0 Å². The molecule has 3 aromatic carbocycles. The Morgan fingerprint density at radius 3 is 2.36 bits per heavy atom. The van der Waals surface area contributed by atoms with Crippen LogP contribution >= 0.6 is 0 Å². The zero-order valence-corrected chi connectivity index (χ0v) is 16.6. The molecule has 5 nitrogen and oxygen atoms in total. The summed E-state index contributed by atoms with van der Waals surface area (Å²) in [5, 5.41) is 3.42. The van der Waals surface area contributed by atoms with Crippen LogP contribution in [0.15, 0.2) is 77.7 Å². The molecule has 0 unspecified atom stereocenters. The maximum Gasteiger partial charge on any atom is 0.247 e. The molecule has 1 aliphatic rings. The van der Waals surface area contributed by atoms with Crippen molar-refractivity contribution in [1.82, 2.24) is 4.31 Å². The van der Waals surface area contributed by atoms with Gasteiger partial charge in [-0.25, -0.2) is 8.42 Å². The molecule has 1 aliphatic heterocycles. The molecule has 144 valence electrons. The van der Waals surface area contributed by atoms with Crippen LogP contribution in [0, 0.1) is 6.92 Å². The minimum atomic E-state index is -3.67. The van der Waals surface area contributed by atoms with Crippen LogP contribution in [0.3, 0.4) is 0 Å². The van der Waals surface area contributed by atoms with Gasteiger partial charge in [0.05, 0.1) is 12.8 Å². The number of fused-ring (bicyclic) bond motifs is 1. The summed E-state index contributed by atoms with van der Waals surface area (Å²) >= 11 is 0. The average molecular weight is 394 g/mol. The largest absolute Gasteiger partial charge is 0.497 e. The second-order valence-corrected chi connectivity index (χ2v) is 8.66. The lowest BCUT2D eigenvalue weighted by atomic mass is 10.1.